The predicted molar refractivity (Wildman–Crippen MR) is 55.6 cm³/mol. The molecule has 0 spiro atoms. The number of rotatable bonds is 1. The van der Waals surface area contributed by atoms with Crippen LogP contribution in [0, 0.1) is 13.8 Å². The highest BCUT2D eigenvalue weighted by atomic mass is 16.5. The van der Waals surface area contributed by atoms with Gasteiger partial charge in [-0.1, -0.05) is 6.07 Å². The molecule has 0 atom stereocenters. The van der Waals surface area contributed by atoms with Crippen LogP contribution in [0.1, 0.15) is 11.1 Å². The summed E-state index contributed by atoms with van der Waals surface area (Å²) in [6.45, 7) is 4.11. The largest absolute Gasteiger partial charge is 0.480 e. The molecule has 14 heavy (non-hydrogen) atoms. The van der Waals surface area contributed by atoms with Crippen molar-refractivity contribution in [3.05, 3.63) is 29.5 Å². The van der Waals surface area contributed by atoms with Crippen molar-refractivity contribution in [3.8, 4) is 5.88 Å². The maximum Gasteiger partial charge on any atom is 0.232 e. The Morgan fingerprint density at radius 3 is 2.71 bits per heavy atom. The van der Waals surface area contributed by atoms with Crippen molar-refractivity contribution in [3.63, 3.8) is 0 Å². The fraction of sp³-hybridized carbons (Fsp3) is 0.273. The van der Waals surface area contributed by atoms with Crippen LogP contribution in [0.5, 0.6) is 5.88 Å². The van der Waals surface area contributed by atoms with Gasteiger partial charge in [-0.3, -0.25) is 0 Å². The number of ether oxygens (including phenoxy) is 1. The summed E-state index contributed by atoms with van der Waals surface area (Å²) in [7, 11) is 1.60. The van der Waals surface area contributed by atoms with E-state index in [0.717, 1.165) is 16.6 Å². The highest BCUT2D eigenvalue weighted by molar-refractivity contribution is 5.79. The van der Waals surface area contributed by atoms with E-state index in [4.69, 9.17) is 4.74 Å². The number of aromatic nitrogens is 2. The lowest BCUT2D eigenvalue weighted by Gasteiger charge is -2.05. The molecule has 1 aromatic carbocycles. The molecule has 0 unspecified atom stereocenters. The summed E-state index contributed by atoms with van der Waals surface area (Å²) in [5, 5.41) is 0. The van der Waals surface area contributed by atoms with Crippen LogP contribution in [-0.2, 0) is 0 Å². The van der Waals surface area contributed by atoms with Gasteiger partial charge in [0.25, 0.3) is 0 Å². The van der Waals surface area contributed by atoms with Crippen LogP contribution < -0.4 is 4.74 Å². The van der Waals surface area contributed by atoms with E-state index in [1.807, 2.05) is 13.0 Å². The molecule has 0 bridgehead atoms. The van der Waals surface area contributed by atoms with Gasteiger partial charge in [0.2, 0.25) is 5.88 Å². The molecule has 3 nitrogen and oxygen atoms in total. The molecule has 0 fully saturated rings. The molecule has 1 heterocycles. The zero-order valence-corrected chi connectivity index (χ0v) is 8.53. The summed E-state index contributed by atoms with van der Waals surface area (Å²) in [6, 6.07) is 4.03. The minimum Gasteiger partial charge on any atom is -0.480 e. The minimum absolute atomic E-state index is 0.561. The number of benzene rings is 1. The molecule has 0 saturated carbocycles. The van der Waals surface area contributed by atoms with Gasteiger partial charge in [-0.25, -0.2) is 9.97 Å². The first-order chi connectivity index (χ1) is 6.72. The first kappa shape index (κ1) is 8.94. The third-order valence-corrected chi connectivity index (χ3v) is 2.43. The van der Waals surface area contributed by atoms with Gasteiger partial charge in [-0.15, -0.1) is 0 Å². The van der Waals surface area contributed by atoms with E-state index in [0.29, 0.717) is 5.88 Å². The van der Waals surface area contributed by atoms with Gasteiger partial charge in [-0.05, 0) is 31.0 Å². The minimum atomic E-state index is 0.561. The number of fused-ring (bicyclic) bond motifs is 1. The normalized spacial score (nSPS) is 10.5. The molecule has 0 aliphatic carbocycles. The Morgan fingerprint density at radius 1 is 1.21 bits per heavy atom. The lowest BCUT2D eigenvalue weighted by molar-refractivity contribution is 0.397. The molecule has 2 aromatic rings. The number of aryl methyl sites for hydroxylation is 2. The Balaban J connectivity index is 2.78. The molecule has 0 aliphatic heterocycles. The van der Waals surface area contributed by atoms with E-state index in [1.54, 1.807) is 13.3 Å². The van der Waals surface area contributed by atoms with Gasteiger partial charge in [-0.2, -0.15) is 0 Å². The standard InChI is InChI=1S/C11H12N2O/c1-7-4-5-9-11(8(7)2)13-10(14-3)6-12-9/h4-6H,1-3H3. The SMILES string of the molecule is COc1cnc2ccc(C)c(C)c2n1. The van der Waals surface area contributed by atoms with Crippen molar-refractivity contribution in [1.29, 1.82) is 0 Å². The van der Waals surface area contributed by atoms with Crippen molar-refractivity contribution in [2.75, 3.05) is 7.11 Å². The average molecular weight is 188 g/mol. The Morgan fingerprint density at radius 2 is 2.00 bits per heavy atom. The van der Waals surface area contributed by atoms with Gasteiger partial charge < -0.3 is 4.74 Å². The van der Waals surface area contributed by atoms with Crippen LogP contribution in [0.3, 0.4) is 0 Å². The highest BCUT2D eigenvalue weighted by Gasteiger charge is 2.04. The fourth-order valence-electron chi connectivity index (χ4n) is 1.39. The van der Waals surface area contributed by atoms with Crippen LogP contribution in [0.2, 0.25) is 0 Å². The summed E-state index contributed by atoms with van der Waals surface area (Å²) < 4.78 is 5.04. The number of nitrogens with zero attached hydrogens (tertiary/aromatic N) is 2. The molecule has 0 amide bonds. The third-order valence-electron chi connectivity index (χ3n) is 2.43. The van der Waals surface area contributed by atoms with Crippen LogP contribution >= 0.6 is 0 Å². The summed E-state index contributed by atoms with van der Waals surface area (Å²) in [4.78, 5) is 8.64. The quantitative estimate of drug-likeness (QED) is 0.688. The Bertz CT molecular complexity index is 480. The predicted octanol–water partition coefficient (Wildman–Crippen LogP) is 2.26. The third kappa shape index (κ3) is 1.31. The van der Waals surface area contributed by atoms with Crippen molar-refractivity contribution < 1.29 is 4.74 Å². The van der Waals surface area contributed by atoms with E-state index < -0.39 is 0 Å². The first-order valence-corrected chi connectivity index (χ1v) is 4.49. The number of methoxy groups -OCH3 is 1. The maximum atomic E-state index is 5.04. The maximum absolute atomic E-state index is 5.04. The lowest BCUT2D eigenvalue weighted by atomic mass is 10.1. The van der Waals surface area contributed by atoms with Gasteiger partial charge in [0, 0.05) is 0 Å². The molecule has 0 radical (unpaired) electrons. The van der Waals surface area contributed by atoms with Crippen LogP contribution in [0.15, 0.2) is 18.3 Å². The molecular formula is C11H12N2O. The summed E-state index contributed by atoms with van der Waals surface area (Å²) in [6.07, 6.45) is 1.64. The second-order valence-electron chi connectivity index (χ2n) is 3.29. The monoisotopic (exact) mass is 188 g/mol. The fourth-order valence-corrected chi connectivity index (χ4v) is 1.39. The summed E-state index contributed by atoms with van der Waals surface area (Å²) in [5.74, 6) is 0.561. The second-order valence-corrected chi connectivity index (χ2v) is 3.29. The van der Waals surface area contributed by atoms with Crippen molar-refractivity contribution >= 4 is 11.0 Å². The zero-order valence-electron chi connectivity index (χ0n) is 8.53. The summed E-state index contributed by atoms with van der Waals surface area (Å²) >= 11 is 0. The molecule has 72 valence electrons. The first-order valence-electron chi connectivity index (χ1n) is 4.49. The molecular weight excluding hydrogens is 176 g/mol. The van der Waals surface area contributed by atoms with Crippen molar-refractivity contribution in [1.82, 2.24) is 9.97 Å². The zero-order chi connectivity index (χ0) is 10.1. The van der Waals surface area contributed by atoms with Crippen LogP contribution in [-0.4, -0.2) is 17.1 Å². The molecule has 2 rings (SSSR count). The molecule has 0 N–H and O–H groups in total. The van der Waals surface area contributed by atoms with E-state index in [9.17, 15) is 0 Å². The van der Waals surface area contributed by atoms with Gasteiger partial charge in [0.15, 0.2) is 0 Å². The number of hydrogen-bond donors (Lipinski definition) is 0. The Kier molecular flexibility index (Phi) is 2.08. The smallest absolute Gasteiger partial charge is 0.232 e. The topological polar surface area (TPSA) is 35.0 Å². The van der Waals surface area contributed by atoms with Crippen molar-refractivity contribution in [2.24, 2.45) is 0 Å². The van der Waals surface area contributed by atoms with E-state index in [2.05, 4.69) is 23.0 Å². The summed E-state index contributed by atoms with van der Waals surface area (Å²) in [5.41, 5.74) is 4.22. The van der Waals surface area contributed by atoms with Crippen LogP contribution in [0.4, 0.5) is 0 Å². The van der Waals surface area contributed by atoms with Gasteiger partial charge in [0.05, 0.1) is 24.3 Å². The van der Waals surface area contributed by atoms with E-state index in [1.165, 1.54) is 5.56 Å². The van der Waals surface area contributed by atoms with Crippen molar-refractivity contribution in [2.45, 2.75) is 13.8 Å². The Labute approximate surface area is 82.8 Å². The number of hydrogen-bond acceptors (Lipinski definition) is 3. The highest BCUT2D eigenvalue weighted by Crippen LogP contribution is 2.19. The second kappa shape index (κ2) is 3.25. The van der Waals surface area contributed by atoms with Crippen LogP contribution in [0.25, 0.3) is 11.0 Å². The van der Waals surface area contributed by atoms with Gasteiger partial charge in [0.1, 0.15) is 0 Å². The molecule has 0 saturated heterocycles. The Hall–Kier alpha value is -1.64. The molecule has 1 aromatic heterocycles. The molecule has 3 heteroatoms. The lowest BCUT2D eigenvalue weighted by Crippen LogP contribution is -1.93. The van der Waals surface area contributed by atoms with Gasteiger partial charge >= 0.3 is 0 Å². The molecule has 0 aliphatic rings. The average Bonchev–Trinajstić information content (AvgIpc) is 2.23. The van der Waals surface area contributed by atoms with E-state index >= 15 is 0 Å². The van der Waals surface area contributed by atoms with E-state index in [-0.39, 0.29) is 0 Å².